The predicted molar refractivity (Wildman–Crippen MR) is 127 cm³/mol. The summed E-state index contributed by atoms with van der Waals surface area (Å²) in [5.74, 6) is 2.74. The Kier molecular flexibility index (Phi) is 6.50. The fraction of sp³-hybridized carbons (Fsp3) is 0.125. The molecule has 0 unspecified atom stereocenters. The lowest BCUT2D eigenvalue weighted by molar-refractivity contribution is -0.118. The third kappa shape index (κ3) is 4.97. The van der Waals surface area contributed by atoms with Crippen molar-refractivity contribution in [2.24, 2.45) is 0 Å². The van der Waals surface area contributed by atoms with Crippen LogP contribution in [0.15, 0.2) is 63.9 Å². The second kappa shape index (κ2) is 9.64. The van der Waals surface area contributed by atoms with Gasteiger partial charge in [-0.15, -0.1) is 29.1 Å². The van der Waals surface area contributed by atoms with Gasteiger partial charge in [0.1, 0.15) is 5.76 Å². The molecule has 0 fully saturated rings. The molecule has 2 amide bonds. The minimum Gasteiger partial charge on any atom is -0.469 e. The van der Waals surface area contributed by atoms with Gasteiger partial charge in [-0.25, -0.2) is 4.98 Å². The number of anilines is 2. The zero-order valence-electron chi connectivity index (χ0n) is 17.2. The minimum absolute atomic E-state index is 0.1000. The maximum atomic E-state index is 13.2. The van der Waals surface area contributed by atoms with Crippen LogP contribution in [0.4, 0.5) is 10.8 Å². The van der Waals surface area contributed by atoms with Crippen LogP contribution in [0, 0.1) is 19.3 Å². The van der Waals surface area contributed by atoms with Crippen molar-refractivity contribution < 1.29 is 14.0 Å². The molecule has 0 aliphatic rings. The summed E-state index contributed by atoms with van der Waals surface area (Å²) in [6.07, 6.45) is 7.11. The molecule has 6 nitrogen and oxygen atoms in total. The summed E-state index contributed by atoms with van der Waals surface area (Å²) >= 11 is 2.86. The summed E-state index contributed by atoms with van der Waals surface area (Å²) in [7, 11) is 0. The lowest BCUT2D eigenvalue weighted by Gasteiger charge is -2.22. The number of amides is 2. The molecule has 32 heavy (non-hydrogen) atoms. The number of rotatable bonds is 7. The second-order valence-corrected chi connectivity index (χ2v) is 8.81. The highest BCUT2D eigenvalue weighted by Gasteiger charge is 2.20. The van der Waals surface area contributed by atoms with Crippen molar-refractivity contribution in [3.05, 3.63) is 86.9 Å². The molecule has 3 heterocycles. The molecular weight excluding hydrogens is 442 g/mol. The Bertz CT molecular complexity index is 1280. The number of aryl methyl sites for hydroxylation is 1. The molecular formula is C24H19N3O3S2. The van der Waals surface area contributed by atoms with Crippen LogP contribution in [-0.4, -0.2) is 16.8 Å². The van der Waals surface area contributed by atoms with E-state index in [0.717, 1.165) is 10.6 Å². The van der Waals surface area contributed by atoms with Crippen molar-refractivity contribution in [1.82, 2.24) is 4.98 Å². The number of thiophene rings is 1. The lowest BCUT2D eigenvalue weighted by Crippen LogP contribution is -2.31. The molecule has 0 saturated carbocycles. The van der Waals surface area contributed by atoms with Crippen LogP contribution in [-0.2, 0) is 17.8 Å². The van der Waals surface area contributed by atoms with E-state index in [1.807, 2.05) is 41.8 Å². The molecule has 1 aromatic carbocycles. The SMILES string of the molecule is C#Cc1cccc(N(Cc2cccs2)C(=O)Cc2csc(NC(=O)c3ccoc3C)n2)c1. The molecule has 3 aromatic heterocycles. The number of carbonyl (C=O) groups excluding carboxylic acids is 2. The molecule has 1 N–H and O–H groups in total. The number of nitrogens with one attached hydrogen (secondary N) is 1. The molecule has 0 aliphatic heterocycles. The van der Waals surface area contributed by atoms with Crippen LogP contribution in [0.3, 0.4) is 0 Å². The van der Waals surface area contributed by atoms with Gasteiger partial charge >= 0.3 is 0 Å². The van der Waals surface area contributed by atoms with Gasteiger partial charge in [-0.05, 0) is 42.6 Å². The average molecular weight is 462 g/mol. The Morgan fingerprint density at radius 3 is 2.81 bits per heavy atom. The summed E-state index contributed by atoms with van der Waals surface area (Å²) < 4.78 is 5.17. The van der Waals surface area contributed by atoms with Crippen molar-refractivity contribution in [3.8, 4) is 12.3 Å². The number of furan rings is 1. The van der Waals surface area contributed by atoms with E-state index in [9.17, 15) is 9.59 Å². The van der Waals surface area contributed by atoms with Crippen LogP contribution in [0.25, 0.3) is 0 Å². The van der Waals surface area contributed by atoms with E-state index in [4.69, 9.17) is 10.8 Å². The predicted octanol–water partition coefficient (Wildman–Crippen LogP) is 5.12. The quantitative estimate of drug-likeness (QED) is 0.388. The van der Waals surface area contributed by atoms with Gasteiger partial charge < -0.3 is 9.32 Å². The van der Waals surface area contributed by atoms with E-state index in [0.29, 0.717) is 34.3 Å². The van der Waals surface area contributed by atoms with Crippen molar-refractivity contribution >= 4 is 45.3 Å². The van der Waals surface area contributed by atoms with Crippen molar-refractivity contribution in [1.29, 1.82) is 0 Å². The lowest BCUT2D eigenvalue weighted by atomic mass is 10.1. The first-order valence-electron chi connectivity index (χ1n) is 9.73. The van der Waals surface area contributed by atoms with E-state index in [1.165, 1.54) is 17.6 Å². The molecule has 8 heteroatoms. The summed E-state index contributed by atoms with van der Waals surface area (Å²) in [6.45, 7) is 2.16. The molecule has 0 radical (unpaired) electrons. The smallest absolute Gasteiger partial charge is 0.260 e. The third-order valence-corrected chi connectivity index (χ3v) is 6.40. The maximum absolute atomic E-state index is 13.2. The van der Waals surface area contributed by atoms with Crippen molar-refractivity contribution in [3.63, 3.8) is 0 Å². The Morgan fingerprint density at radius 2 is 2.09 bits per heavy atom. The average Bonchev–Trinajstić information content (AvgIpc) is 3.55. The largest absolute Gasteiger partial charge is 0.469 e. The molecule has 160 valence electrons. The van der Waals surface area contributed by atoms with E-state index < -0.39 is 0 Å². The zero-order valence-corrected chi connectivity index (χ0v) is 18.8. The van der Waals surface area contributed by atoms with E-state index in [1.54, 1.807) is 34.6 Å². The first-order chi connectivity index (χ1) is 15.5. The van der Waals surface area contributed by atoms with Crippen LogP contribution in [0.2, 0.25) is 0 Å². The highest BCUT2D eigenvalue weighted by atomic mass is 32.1. The molecule has 0 aliphatic carbocycles. The van der Waals surface area contributed by atoms with E-state index in [2.05, 4.69) is 16.2 Å². The zero-order chi connectivity index (χ0) is 22.5. The van der Waals surface area contributed by atoms with Gasteiger partial charge in [0.15, 0.2) is 5.13 Å². The van der Waals surface area contributed by atoms with Crippen LogP contribution >= 0.6 is 22.7 Å². The van der Waals surface area contributed by atoms with Crippen LogP contribution < -0.4 is 10.2 Å². The minimum atomic E-state index is -0.297. The van der Waals surface area contributed by atoms with E-state index >= 15 is 0 Å². The van der Waals surface area contributed by atoms with Gasteiger partial charge in [0.25, 0.3) is 5.91 Å². The second-order valence-electron chi connectivity index (χ2n) is 6.92. The molecule has 0 bridgehead atoms. The third-order valence-electron chi connectivity index (χ3n) is 4.73. The number of terminal acetylenes is 1. The van der Waals surface area contributed by atoms with Crippen molar-refractivity contribution in [2.75, 3.05) is 10.2 Å². The van der Waals surface area contributed by atoms with Gasteiger partial charge in [-0.2, -0.15) is 0 Å². The number of aromatic nitrogens is 1. The summed E-state index contributed by atoms with van der Waals surface area (Å²) in [5, 5.41) is 6.94. The Labute approximate surface area is 193 Å². The Morgan fingerprint density at radius 1 is 1.22 bits per heavy atom. The summed E-state index contributed by atoms with van der Waals surface area (Å²) in [6, 6.07) is 12.9. The van der Waals surface area contributed by atoms with Gasteiger partial charge in [-0.1, -0.05) is 18.1 Å². The number of benzene rings is 1. The summed E-state index contributed by atoms with van der Waals surface area (Å²) in [5.41, 5.74) is 2.48. The molecule has 0 saturated heterocycles. The maximum Gasteiger partial charge on any atom is 0.260 e. The number of nitrogens with zero attached hydrogens (tertiary/aromatic N) is 2. The Balaban J connectivity index is 1.50. The topological polar surface area (TPSA) is 75.4 Å². The standard InChI is InChI=1S/C24H19N3O3S2/c1-3-17-6-4-7-19(12-17)27(14-20-8-5-11-31-20)22(28)13-18-15-32-24(25-18)26-23(29)21-9-10-30-16(21)2/h1,4-12,15H,13-14H2,2H3,(H,25,26,29). The first-order valence-corrected chi connectivity index (χ1v) is 11.5. The molecule has 0 spiro atoms. The first kappa shape index (κ1) is 21.6. The normalized spacial score (nSPS) is 10.5. The Hall–Kier alpha value is -3.67. The van der Waals surface area contributed by atoms with Gasteiger partial charge in [0.2, 0.25) is 5.91 Å². The number of carbonyl (C=O) groups is 2. The highest BCUT2D eigenvalue weighted by Crippen LogP contribution is 2.24. The van der Waals surface area contributed by atoms with Gasteiger partial charge in [0.05, 0.1) is 30.5 Å². The van der Waals surface area contributed by atoms with Crippen LogP contribution in [0.1, 0.15) is 32.3 Å². The van der Waals surface area contributed by atoms with Gasteiger partial charge in [-0.3, -0.25) is 14.9 Å². The van der Waals surface area contributed by atoms with Crippen molar-refractivity contribution in [2.45, 2.75) is 19.9 Å². The fourth-order valence-corrected chi connectivity index (χ4v) is 4.52. The highest BCUT2D eigenvalue weighted by molar-refractivity contribution is 7.14. The van der Waals surface area contributed by atoms with E-state index in [-0.39, 0.29) is 18.2 Å². The molecule has 4 rings (SSSR count). The molecule has 4 aromatic rings. The van der Waals surface area contributed by atoms with Gasteiger partial charge in [0, 0.05) is 21.5 Å². The number of hydrogen-bond acceptors (Lipinski definition) is 6. The monoisotopic (exact) mass is 461 g/mol. The molecule has 0 atom stereocenters. The summed E-state index contributed by atoms with van der Waals surface area (Å²) in [4.78, 5) is 32.8. The van der Waals surface area contributed by atoms with Crippen LogP contribution in [0.5, 0.6) is 0 Å². The number of hydrogen-bond donors (Lipinski definition) is 1. The number of thiazole rings is 1. The fourth-order valence-electron chi connectivity index (χ4n) is 3.13.